The van der Waals surface area contributed by atoms with Crippen molar-refractivity contribution in [1.29, 1.82) is 0 Å². The van der Waals surface area contributed by atoms with Crippen molar-refractivity contribution >= 4 is 17.3 Å². The summed E-state index contributed by atoms with van der Waals surface area (Å²) in [4.78, 5) is 30.7. The Morgan fingerprint density at radius 2 is 1.72 bits per heavy atom. The van der Waals surface area contributed by atoms with Crippen LogP contribution in [0.25, 0.3) is 11.3 Å². The molecule has 0 saturated carbocycles. The molecule has 4 rings (SSSR count). The molecule has 8 nitrogen and oxygen atoms in total. The van der Waals surface area contributed by atoms with Crippen molar-refractivity contribution in [3.63, 3.8) is 0 Å². The molecule has 1 N–H and O–H groups in total. The first-order chi connectivity index (χ1) is 14.2. The van der Waals surface area contributed by atoms with Crippen LogP contribution in [0.2, 0.25) is 0 Å². The number of nitrogens with zero attached hydrogens (tertiary/aromatic N) is 4. The number of carbonyl (C=O) groups excluding carboxylic acids is 1. The molecule has 8 heteroatoms. The number of anilines is 2. The van der Waals surface area contributed by atoms with Crippen molar-refractivity contribution in [2.24, 2.45) is 0 Å². The Balaban J connectivity index is 1.42. The highest BCUT2D eigenvalue weighted by Gasteiger charge is 2.12. The molecule has 1 fully saturated rings. The maximum absolute atomic E-state index is 12.4. The zero-order valence-corrected chi connectivity index (χ0v) is 15.8. The Morgan fingerprint density at radius 3 is 2.45 bits per heavy atom. The number of nitrogens with one attached hydrogen (secondary N) is 1. The number of benzene rings is 1. The van der Waals surface area contributed by atoms with E-state index in [4.69, 9.17) is 4.74 Å². The minimum Gasteiger partial charge on any atom is -0.378 e. The first-order valence-corrected chi connectivity index (χ1v) is 9.40. The predicted octanol–water partition coefficient (Wildman–Crippen LogP) is 1.78. The lowest BCUT2D eigenvalue weighted by Gasteiger charge is -2.28. The molecule has 1 saturated heterocycles. The number of amides is 1. The molecular formula is C21H21N5O3. The van der Waals surface area contributed by atoms with E-state index in [1.54, 1.807) is 30.6 Å². The van der Waals surface area contributed by atoms with E-state index in [2.05, 4.69) is 20.3 Å². The van der Waals surface area contributed by atoms with E-state index in [1.165, 1.54) is 6.07 Å². The van der Waals surface area contributed by atoms with Gasteiger partial charge in [-0.1, -0.05) is 0 Å². The second-order valence-corrected chi connectivity index (χ2v) is 6.64. The van der Waals surface area contributed by atoms with Crippen LogP contribution in [0.1, 0.15) is 0 Å². The number of rotatable bonds is 5. The Bertz CT molecular complexity index is 1030. The summed E-state index contributed by atoms with van der Waals surface area (Å²) >= 11 is 0. The summed E-state index contributed by atoms with van der Waals surface area (Å²) in [7, 11) is 0. The molecule has 0 spiro atoms. The Labute approximate surface area is 167 Å². The SMILES string of the molecule is O=C(Cn1nc(-c2ccncc2)ccc1=O)Nc1ccc(N2CCOCC2)cc1. The zero-order valence-electron chi connectivity index (χ0n) is 15.8. The summed E-state index contributed by atoms with van der Waals surface area (Å²) < 4.78 is 6.52. The van der Waals surface area contributed by atoms with E-state index >= 15 is 0 Å². The van der Waals surface area contributed by atoms with E-state index in [-0.39, 0.29) is 18.0 Å². The lowest BCUT2D eigenvalue weighted by molar-refractivity contribution is -0.117. The van der Waals surface area contributed by atoms with Crippen LogP contribution in [-0.2, 0) is 16.1 Å². The van der Waals surface area contributed by atoms with Gasteiger partial charge in [0.1, 0.15) is 6.54 Å². The lowest BCUT2D eigenvalue weighted by atomic mass is 10.2. The summed E-state index contributed by atoms with van der Waals surface area (Å²) in [6.07, 6.45) is 3.31. The van der Waals surface area contributed by atoms with Gasteiger partial charge in [0.15, 0.2) is 0 Å². The van der Waals surface area contributed by atoms with Crippen molar-refractivity contribution in [1.82, 2.24) is 14.8 Å². The normalized spacial score (nSPS) is 13.9. The van der Waals surface area contributed by atoms with Crippen LogP contribution in [0, 0.1) is 0 Å². The minimum absolute atomic E-state index is 0.164. The monoisotopic (exact) mass is 391 g/mol. The molecule has 0 aliphatic carbocycles. The molecule has 0 atom stereocenters. The number of hydrogen-bond donors (Lipinski definition) is 1. The first kappa shape index (κ1) is 18.8. The van der Waals surface area contributed by atoms with Gasteiger partial charge in [-0.05, 0) is 42.5 Å². The number of pyridine rings is 1. The molecule has 0 radical (unpaired) electrons. The zero-order chi connectivity index (χ0) is 20.1. The van der Waals surface area contributed by atoms with Crippen LogP contribution < -0.4 is 15.8 Å². The third-order valence-corrected chi connectivity index (χ3v) is 4.66. The summed E-state index contributed by atoms with van der Waals surface area (Å²) in [5, 5.41) is 7.11. The average molecular weight is 391 g/mol. The van der Waals surface area contributed by atoms with E-state index in [9.17, 15) is 9.59 Å². The Kier molecular flexibility index (Phi) is 5.62. The largest absolute Gasteiger partial charge is 0.378 e. The molecule has 3 heterocycles. The lowest BCUT2D eigenvalue weighted by Crippen LogP contribution is -2.36. The number of aromatic nitrogens is 3. The highest BCUT2D eigenvalue weighted by molar-refractivity contribution is 5.90. The fourth-order valence-electron chi connectivity index (χ4n) is 3.15. The van der Waals surface area contributed by atoms with Crippen molar-refractivity contribution in [3.05, 3.63) is 71.3 Å². The molecule has 148 valence electrons. The minimum atomic E-state index is -0.333. The van der Waals surface area contributed by atoms with Crippen LogP contribution in [0.3, 0.4) is 0 Å². The predicted molar refractivity (Wildman–Crippen MR) is 110 cm³/mol. The third kappa shape index (κ3) is 4.67. The van der Waals surface area contributed by atoms with E-state index < -0.39 is 0 Å². The van der Waals surface area contributed by atoms with Gasteiger partial charge in [-0.25, -0.2) is 4.68 Å². The van der Waals surface area contributed by atoms with Gasteiger partial charge in [0.25, 0.3) is 5.56 Å². The van der Waals surface area contributed by atoms with Gasteiger partial charge in [-0.3, -0.25) is 14.6 Å². The fourth-order valence-corrected chi connectivity index (χ4v) is 3.15. The third-order valence-electron chi connectivity index (χ3n) is 4.66. The van der Waals surface area contributed by atoms with E-state index in [0.29, 0.717) is 11.4 Å². The van der Waals surface area contributed by atoms with Crippen LogP contribution >= 0.6 is 0 Å². The highest BCUT2D eigenvalue weighted by atomic mass is 16.5. The number of hydrogen-bond acceptors (Lipinski definition) is 6. The van der Waals surface area contributed by atoms with Crippen LogP contribution in [-0.4, -0.2) is 47.0 Å². The van der Waals surface area contributed by atoms with Gasteiger partial charge >= 0.3 is 0 Å². The fraction of sp³-hybridized carbons (Fsp3) is 0.238. The van der Waals surface area contributed by atoms with Gasteiger partial charge in [-0.15, -0.1) is 0 Å². The molecule has 2 aromatic heterocycles. The van der Waals surface area contributed by atoms with Gasteiger partial charge in [0.05, 0.1) is 18.9 Å². The molecule has 0 bridgehead atoms. The smallest absolute Gasteiger partial charge is 0.267 e. The maximum Gasteiger partial charge on any atom is 0.267 e. The summed E-state index contributed by atoms with van der Waals surface area (Å²) in [5.41, 5.74) is 2.86. The molecule has 1 aromatic carbocycles. The van der Waals surface area contributed by atoms with Gasteiger partial charge < -0.3 is 15.0 Å². The van der Waals surface area contributed by atoms with Crippen molar-refractivity contribution in [2.45, 2.75) is 6.54 Å². The molecule has 0 unspecified atom stereocenters. The topological polar surface area (TPSA) is 89.3 Å². The summed E-state index contributed by atoms with van der Waals surface area (Å²) in [5.74, 6) is -0.314. The molecular weight excluding hydrogens is 370 g/mol. The van der Waals surface area contributed by atoms with Crippen LogP contribution in [0.5, 0.6) is 0 Å². The second-order valence-electron chi connectivity index (χ2n) is 6.64. The van der Waals surface area contributed by atoms with Crippen molar-refractivity contribution in [3.8, 4) is 11.3 Å². The number of ether oxygens (including phenoxy) is 1. The van der Waals surface area contributed by atoms with E-state index in [0.717, 1.165) is 42.2 Å². The van der Waals surface area contributed by atoms with Crippen molar-refractivity contribution in [2.75, 3.05) is 36.5 Å². The second kappa shape index (κ2) is 8.66. The van der Waals surface area contributed by atoms with Gasteiger partial charge in [0, 0.05) is 48.5 Å². The molecule has 1 amide bonds. The standard InChI is InChI=1S/C21H21N5O3/c27-20(23-17-1-3-18(4-2-17)25-11-13-29-14-12-25)15-26-21(28)6-5-19(24-26)16-7-9-22-10-8-16/h1-10H,11-15H2,(H,23,27). The quantitative estimate of drug-likeness (QED) is 0.713. The number of morpholine rings is 1. The molecule has 3 aromatic rings. The van der Waals surface area contributed by atoms with E-state index in [1.807, 2.05) is 24.3 Å². The Hall–Kier alpha value is -3.52. The molecule has 29 heavy (non-hydrogen) atoms. The van der Waals surface area contributed by atoms with Gasteiger partial charge in [0.2, 0.25) is 5.91 Å². The first-order valence-electron chi connectivity index (χ1n) is 9.40. The maximum atomic E-state index is 12.4. The number of carbonyl (C=O) groups is 1. The van der Waals surface area contributed by atoms with Gasteiger partial charge in [-0.2, -0.15) is 5.10 Å². The summed E-state index contributed by atoms with van der Waals surface area (Å²) in [6, 6.07) is 14.3. The van der Waals surface area contributed by atoms with Crippen LogP contribution in [0.4, 0.5) is 11.4 Å². The average Bonchev–Trinajstić information content (AvgIpc) is 2.77. The van der Waals surface area contributed by atoms with Crippen molar-refractivity contribution < 1.29 is 9.53 Å². The molecule has 1 aliphatic heterocycles. The Morgan fingerprint density at radius 1 is 1.00 bits per heavy atom. The highest BCUT2D eigenvalue weighted by Crippen LogP contribution is 2.19. The molecule has 1 aliphatic rings. The summed E-state index contributed by atoms with van der Waals surface area (Å²) in [6.45, 7) is 2.99. The van der Waals surface area contributed by atoms with Crippen LogP contribution in [0.15, 0.2) is 65.7 Å².